The van der Waals surface area contributed by atoms with Crippen LogP contribution in [0.15, 0.2) is 0 Å². The summed E-state index contributed by atoms with van der Waals surface area (Å²) in [5, 5.41) is 0. The van der Waals surface area contributed by atoms with Crippen LogP contribution < -0.4 is 0 Å². The summed E-state index contributed by atoms with van der Waals surface area (Å²) >= 11 is 0. The molecular formula is HfLaOSi. The average molecular weight is 361 g/mol. The van der Waals surface area contributed by atoms with Gasteiger partial charge in [-0.2, -0.15) is 0 Å². The van der Waals surface area contributed by atoms with Crippen LogP contribution in [0.2, 0.25) is 0 Å². The molecule has 3 radical (unpaired) electrons. The first-order valence-electron chi connectivity index (χ1n) is 0.204. The molecule has 0 aromatic rings. The van der Waals surface area contributed by atoms with Crippen molar-refractivity contribution in [1.82, 2.24) is 0 Å². The molecule has 0 N–H and O–H groups in total. The molecule has 17 valence electrons. The fraction of sp³-hybridized carbons (Fsp3) is 0. The van der Waals surface area contributed by atoms with Gasteiger partial charge in [-0.3, -0.25) is 0 Å². The molecule has 0 saturated heterocycles. The van der Waals surface area contributed by atoms with Gasteiger partial charge in [-0.1, -0.05) is 0 Å². The van der Waals surface area contributed by atoms with Crippen LogP contribution in [-0.2, 0) is 30.3 Å². The summed E-state index contributed by atoms with van der Waals surface area (Å²) in [6.45, 7) is 0. The van der Waals surface area contributed by atoms with Crippen LogP contribution in [0.1, 0.15) is 0 Å². The van der Waals surface area contributed by atoms with Gasteiger partial charge < -0.3 is 4.46 Å². The third-order valence-corrected chi connectivity index (χ3v) is 0. The monoisotopic (exact) mass is 363 g/mol. The quantitative estimate of drug-likeness (QED) is 0.532. The van der Waals surface area contributed by atoms with Gasteiger partial charge in [-0.25, -0.2) is 0 Å². The Morgan fingerprint density at radius 3 is 1.25 bits per heavy atom. The zero-order valence-electron chi connectivity index (χ0n) is 1.99. The first-order valence-corrected chi connectivity index (χ1v) is 0.612. The normalized spacial score (nSPS) is 1.00. The molecule has 0 aromatic heterocycles. The minimum atomic E-state index is 0. The van der Waals surface area contributed by atoms with Crippen molar-refractivity contribution in [2.45, 2.75) is 0 Å². The van der Waals surface area contributed by atoms with E-state index >= 15 is 0 Å². The van der Waals surface area contributed by atoms with E-state index in [1.165, 1.54) is 0 Å². The van der Waals surface area contributed by atoms with E-state index < -0.39 is 0 Å². The standard InChI is InChI=1S/Hf.La.OSi/c;;1-2. The largest absolute Gasteiger partial charge is 0.381 e. The third kappa shape index (κ3) is 8.95. The zero-order valence-corrected chi connectivity index (χ0v) is 10.2. The molecule has 4 heavy (non-hydrogen) atoms. The summed E-state index contributed by atoms with van der Waals surface area (Å²) in [6.07, 6.45) is 0. The number of hydrogen-bond acceptors (Lipinski definition) is 1. The number of rotatable bonds is 0. The van der Waals surface area contributed by atoms with Crippen molar-refractivity contribution >= 4 is 10.1 Å². The van der Waals surface area contributed by atoms with E-state index in [4.69, 9.17) is 4.46 Å². The molecule has 0 saturated carbocycles. The third-order valence-electron chi connectivity index (χ3n) is 0. The van der Waals surface area contributed by atoms with Crippen molar-refractivity contribution in [3.05, 3.63) is 0 Å². The van der Waals surface area contributed by atoms with Gasteiger partial charge in [-0.05, 0) is 0 Å². The van der Waals surface area contributed by atoms with Crippen LogP contribution in [0.5, 0.6) is 0 Å². The molecule has 0 fully saturated rings. The Morgan fingerprint density at radius 1 is 1.25 bits per heavy atom. The van der Waals surface area contributed by atoms with Gasteiger partial charge >= 0.3 is 10.1 Å². The second-order valence-corrected chi connectivity index (χ2v) is 0. The summed E-state index contributed by atoms with van der Waals surface area (Å²) in [5.41, 5.74) is 0. The van der Waals surface area contributed by atoms with E-state index in [9.17, 15) is 0 Å². The van der Waals surface area contributed by atoms with Crippen LogP contribution in [0, 0.1) is 35.6 Å². The maximum atomic E-state index is 8.06. The molecule has 0 amide bonds. The molecule has 0 spiro atoms. The molecule has 0 aromatic carbocycles. The van der Waals surface area contributed by atoms with E-state index in [2.05, 4.69) is 0 Å². The summed E-state index contributed by atoms with van der Waals surface area (Å²) in [6, 6.07) is 0. The Bertz CT molecular complexity index is 8.00. The first kappa shape index (κ1) is 16.5. The van der Waals surface area contributed by atoms with E-state index in [0.29, 0.717) is 0 Å². The fourth-order valence-corrected chi connectivity index (χ4v) is 0. The second kappa shape index (κ2) is 19.5. The Kier molecular flexibility index (Phi) is 80.8. The molecule has 1 nitrogen and oxygen atoms in total. The molecular weight excluding hydrogens is 361 g/mol. The maximum absolute atomic E-state index is 8.06. The van der Waals surface area contributed by atoms with Gasteiger partial charge in [0, 0.05) is 61.4 Å². The van der Waals surface area contributed by atoms with Crippen molar-refractivity contribution in [2.75, 3.05) is 0 Å². The van der Waals surface area contributed by atoms with E-state index in [1.54, 1.807) is 10.1 Å². The van der Waals surface area contributed by atoms with E-state index in [0.717, 1.165) is 0 Å². The summed E-state index contributed by atoms with van der Waals surface area (Å²) in [7, 11) is 1.72. The van der Waals surface area contributed by atoms with Gasteiger partial charge in [0.05, 0.1) is 0 Å². The van der Waals surface area contributed by atoms with E-state index in [-0.39, 0.29) is 61.4 Å². The molecule has 0 rings (SSSR count). The molecule has 0 aliphatic rings. The van der Waals surface area contributed by atoms with Crippen molar-refractivity contribution in [3.63, 3.8) is 0 Å². The summed E-state index contributed by atoms with van der Waals surface area (Å²) < 4.78 is 8.06. The number of hydrogen-bond donors (Lipinski definition) is 0. The van der Waals surface area contributed by atoms with Crippen LogP contribution in [-0.4, -0.2) is 10.1 Å². The van der Waals surface area contributed by atoms with Crippen molar-refractivity contribution in [3.8, 4) is 0 Å². The molecule has 0 unspecified atom stereocenters. The van der Waals surface area contributed by atoms with Gasteiger partial charge in [-0.15, -0.1) is 0 Å². The van der Waals surface area contributed by atoms with Crippen LogP contribution >= 0.6 is 0 Å². The second-order valence-electron chi connectivity index (χ2n) is 0. The molecule has 0 aliphatic heterocycles. The fourth-order valence-electron chi connectivity index (χ4n) is 0. The van der Waals surface area contributed by atoms with Crippen LogP contribution in [0.4, 0.5) is 0 Å². The molecule has 4 heteroatoms. The van der Waals surface area contributed by atoms with Crippen LogP contribution in [0.25, 0.3) is 0 Å². The minimum absolute atomic E-state index is 0. The van der Waals surface area contributed by atoms with Crippen molar-refractivity contribution in [1.29, 1.82) is 0 Å². The Balaban J connectivity index is -0.00000000500. The van der Waals surface area contributed by atoms with Gasteiger partial charge in [0.15, 0.2) is 0 Å². The smallest absolute Gasteiger partial charge is 0.381 e. The van der Waals surface area contributed by atoms with Crippen molar-refractivity contribution < 1.29 is 65.9 Å². The molecule has 0 aliphatic carbocycles. The van der Waals surface area contributed by atoms with Gasteiger partial charge in [0.1, 0.15) is 0 Å². The average Bonchev–Trinajstić information content (AvgIpc) is 1.00. The van der Waals surface area contributed by atoms with Crippen molar-refractivity contribution in [2.24, 2.45) is 0 Å². The zero-order chi connectivity index (χ0) is 2.00. The predicted octanol–water partition coefficient (Wildman–Crippen LogP) is -0.502. The molecule has 0 heterocycles. The van der Waals surface area contributed by atoms with E-state index in [1.807, 2.05) is 0 Å². The summed E-state index contributed by atoms with van der Waals surface area (Å²) in [5.74, 6) is 0. The Labute approximate surface area is 74.8 Å². The SMILES string of the molecule is O=[Si].[Hf].[La]. The van der Waals surface area contributed by atoms with Gasteiger partial charge in [0.25, 0.3) is 0 Å². The maximum Gasteiger partial charge on any atom is 0.381 e. The Morgan fingerprint density at radius 2 is 1.25 bits per heavy atom. The minimum Gasteiger partial charge on any atom is -0.381 e. The molecule has 0 bridgehead atoms. The Hall–Kier alpha value is 2.08. The molecule has 0 atom stereocenters. The predicted molar refractivity (Wildman–Crippen MR) is 6.44 cm³/mol. The topological polar surface area (TPSA) is 17.1 Å². The summed E-state index contributed by atoms with van der Waals surface area (Å²) in [4.78, 5) is 0. The van der Waals surface area contributed by atoms with Crippen LogP contribution in [0.3, 0.4) is 0 Å². The van der Waals surface area contributed by atoms with Gasteiger partial charge in [0.2, 0.25) is 0 Å². The first-order chi connectivity index (χ1) is 1.00.